The summed E-state index contributed by atoms with van der Waals surface area (Å²) in [5, 5.41) is 7.06. The topological polar surface area (TPSA) is 77.7 Å². The molecule has 2 heterocycles. The minimum atomic E-state index is -4.01. The van der Waals surface area contributed by atoms with Crippen molar-refractivity contribution in [1.82, 2.24) is 19.7 Å². The maximum absolute atomic E-state index is 12.9. The summed E-state index contributed by atoms with van der Waals surface area (Å²) in [7, 11) is 1.33. The van der Waals surface area contributed by atoms with Gasteiger partial charge in [0, 0.05) is 17.2 Å². The number of hydrogen-bond acceptors (Lipinski definition) is 5. The Morgan fingerprint density at radius 2 is 2.05 bits per heavy atom. The molecule has 0 aliphatic heterocycles. The molecule has 0 spiro atoms. The van der Waals surface area contributed by atoms with Crippen LogP contribution in [0, 0.1) is 11.7 Å². The van der Waals surface area contributed by atoms with Crippen LogP contribution >= 0.6 is 10.7 Å². The molecule has 0 N–H and O–H groups in total. The van der Waals surface area contributed by atoms with Gasteiger partial charge in [0.25, 0.3) is 14.2 Å². The number of rotatable bonds is 4. The lowest BCUT2D eigenvalue weighted by molar-refractivity contribution is 0.488. The van der Waals surface area contributed by atoms with Crippen LogP contribution in [0.2, 0.25) is 0 Å². The van der Waals surface area contributed by atoms with E-state index in [4.69, 9.17) is 10.7 Å². The summed E-state index contributed by atoms with van der Waals surface area (Å²) < 4.78 is 37.2. The second kappa shape index (κ2) is 5.45. The van der Waals surface area contributed by atoms with Crippen LogP contribution in [0.3, 0.4) is 0 Å². The Bertz CT molecular complexity index is 713. The van der Waals surface area contributed by atoms with Crippen molar-refractivity contribution in [2.45, 2.75) is 25.5 Å². The third-order valence-corrected chi connectivity index (χ3v) is 3.59. The van der Waals surface area contributed by atoms with Crippen LogP contribution in [0.1, 0.15) is 13.8 Å². The number of pyridine rings is 1. The van der Waals surface area contributed by atoms with E-state index in [9.17, 15) is 12.8 Å². The van der Waals surface area contributed by atoms with Gasteiger partial charge in [-0.1, -0.05) is 13.8 Å². The predicted octanol–water partition coefficient (Wildman–Crippen LogP) is 2.06. The van der Waals surface area contributed by atoms with E-state index in [1.54, 1.807) is 0 Å². The number of hydrogen-bond donors (Lipinski definition) is 0. The zero-order valence-corrected chi connectivity index (χ0v) is 12.4. The molecule has 2 rings (SSSR count). The number of aromatic nitrogens is 4. The molecule has 0 aromatic carbocycles. The smallest absolute Gasteiger partial charge is 0.295 e. The molecule has 20 heavy (non-hydrogen) atoms. The van der Waals surface area contributed by atoms with E-state index >= 15 is 0 Å². The van der Waals surface area contributed by atoms with E-state index in [0.29, 0.717) is 12.2 Å². The second-order valence-electron chi connectivity index (χ2n) is 4.61. The van der Waals surface area contributed by atoms with Gasteiger partial charge in [-0.05, 0) is 18.1 Å². The molecule has 0 saturated heterocycles. The zero-order chi connectivity index (χ0) is 14.9. The lowest BCUT2D eigenvalue weighted by Crippen LogP contribution is -2.12. The van der Waals surface area contributed by atoms with Gasteiger partial charge in [-0.3, -0.25) is 4.57 Å². The standard InChI is InChI=1S/C11H12ClFN4O2S/c1-7(2)6-17-10(9-4-3-8(13)5-14-9)15-16-11(17)20(12,18)19/h3-5,7H,6H2,1-2H3. The van der Waals surface area contributed by atoms with Crippen molar-refractivity contribution in [3.8, 4) is 11.5 Å². The van der Waals surface area contributed by atoms with Gasteiger partial charge in [0.15, 0.2) is 5.82 Å². The van der Waals surface area contributed by atoms with Crippen molar-refractivity contribution < 1.29 is 12.8 Å². The van der Waals surface area contributed by atoms with E-state index in [-0.39, 0.29) is 16.9 Å². The van der Waals surface area contributed by atoms with Gasteiger partial charge in [0.1, 0.15) is 11.5 Å². The number of nitrogens with zero attached hydrogens (tertiary/aromatic N) is 4. The summed E-state index contributed by atoms with van der Waals surface area (Å²) in [5.74, 6) is -0.117. The summed E-state index contributed by atoms with van der Waals surface area (Å²) in [6, 6.07) is 2.62. The van der Waals surface area contributed by atoms with E-state index in [1.807, 2.05) is 13.8 Å². The Hall–Kier alpha value is -1.54. The van der Waals surface area contributed by atoms with E-state index in [0.717, 1.165) is 6.20 Å². The monoisotopic (exact) mass is 318 g/mol. The maximum atomic E-state index is 12.9. The lowest BCUT2D eigenvalue weighted by atomic mass is 10.2. The van der Waals surface area contributed by atoms with Gasteiger partial charge in [-0.25, -0.2) is 17.8 Å². The molecule has 0 saturated carbocycles. The molecule has 6 nitrogen and oxygen atoms in total. The summed E-state index contributed by atoms with van der Waals surface area (Å²) in [5.41, 5.74) is 0.325. The fraction of sp³-hybridized carbons (Fsp3) is 0.364. The molecular weight excluding hydrogens is 307 g/mol. The van der Waals surface area contributed by atoms with Crippen LogP contribution in [-0.2, 0) is 15.6 Å². The molecule has 0 bridgehead atoms. The maximum Gasteiger partial charge on any atom is 0.296 e. The first-order valence-corrected chi connectivity index (χ1v) is 8.09. The van der Waals surface area contributed by atoms with Gasteiger partial charge in [0.2, 0.25) is 0 Å². The SMILES string of the molecule is CC(C)Cn1c(-c2ccc(F)cn2)nnc1S(=O)(=O)Cl. The van der Waals surface area contributed by atoms with Crippen molar-refractivity contribution in [3.63, 3.8) is 0 Å². The highest BCUT2D eigenvalue weighted by atomic mass is 35.7. The predicted molar refractivity (Wildman–Crippen MR) is 71.1 cm³/mol. The van der Waals surface area contributed by atoms with Crippen LogP contribution in [0.25, 0.3) is 11.5 Å². The fourth-order valence-electron chi connectivity index (χ4n) is 1.70. The molecule has 0 amide bonds. The Morgan fingerprint density at radius 3 is 2.55 bits per heavy atom. The van der Waals surface area contributed by atoms with Crippen LogP contribution in [0.15, 0.2) is 23.5 Å². The highest BCUT2D eigenvalue weighted by molar-refractivity contribution is 8.13. The molecule has 9 heteroatoms. The van der Waals surface area contributed by atoms with E-state index < -0.39 is 14.9 Å². The van der Waals surface area contributed by atoms with Crippen LogP contribution in [0.5, 0.6) is 0 Å². The molecule has 0 unspecified atom stereocenters. The average Bonchev–Trinajstić information content (AvgIpc) is 2.72. The summed E-state index contributed by atoms with van der Waals surface area (Å²) in [4.78, 5) is 3.88. The largest absolute Gasteiger partial charge is 0.296 e. The van der Waals surface area contributed by atoms with Gasteiger partial charge < -0.3 is 0 Å². The molecule has 0 fully saturated rings. The lowest BCUT2D eigenvalue weighted by Gasteiger charge is -2.10. The van der Waals surface area contributed by atoms with Crippen LogP contribution in [-0.4, -0.2) is 28.2 Å². The third kappa shape index (κ3) is 3.13. The Kier molecular flexibility index (Phi) is 4.05. The Morgan fingerprint density at radius 1 is 1.35 bits per heavy atom. The average molecular weight is 319 g/mol. The van der Waals surface area contributed by atoms with Crippen molar-refractivity contribution in [1.29, 1.82) is 0 Å². The van der Waals surface area contributed by atoms with Gasteiger partial charge in [-0.15, -0.1) is 10.2 Å². The van der Waals surface area contributed by atoms with Gasteiger partial charge in [0.05, 0.1) is 6.20 Å². The Balaban J connectivity index is 2.59. The molecule has 108 valence electrons. The molecule has 0 radical (unpaired) electrons. The molecule has 0 aliphatic rings. The third-order valence-electron chi connectivity index (χ3n) is 2.44. The first-order chi connectivity index (χ1) is 9.29. The molecule has 0 atom stereocenters. The molecular formula is C11H12ClFN4O2S. The quantitative estimate of drug-likeness (QED) is 0.806. The van der Waals surface area contributed by atoms with Crippen molar-refractivity contribution in [2.75, 3.05) is 0 Å². The highest BCUT2D eigenvalue weighted by Gasteiger charge is 2.24. The van der Waals surface area contributed by atoms with Crippen LogP contribution in [0.4, 0.5) is 4.39 Å². The summed E-state index contributed by atoms with van der Waals surface area (Å²) in [6.45, 7) is 4.17. The van der Waals surface area contributed by atoms with Crippen molar-refractivity contribution in [2.24, 2.45) is 5.92 Å². The first kappa shape index (κ1) is 14.9. The molecule has 2 aromatic heterocycles. The fourth-order valence-corrected chi connectivity index (χ4v) is 2.60. The minimum absolute atomic E-state index is 0.141. The first-order valence-electron chi connectivity index (χ1n) is 5.79. The second-order valence-corrected chi connectivity index (χ2v) is 7.07. The minimum Gasteiger partial charge on any atom is -0.295 e. The normalized spacial score (nSPS) is 12.1. The van der Waals surface area contributed by atoms with Crippen molar-refractivity contribution >= 4 is 19.7 Å². The zero-order valence-electron chi connectivity index (χ0n) is 10.8. The highest BCUT2D eigenvalue weighted by Crippen LogP contribution is 2.22. The van der Waals surface area contributed by atoms with Gasteiger partial charge in [-0.2, -0.15) is 0 Å². The van der Waals surface area contributed by atoms with E-state index in [1.165, 1.54) is 16.7 Å². The Labute approximate surface area is 120 Å². The summed E-state index contributed by atoms with van der Waals surface area (Å²) >= 11 is 0. The molecule has 0 aliphatic carbocycles. The van der Waals surface area contributed by atoms with Gasteiger partial charge >= 0.3 is 0 Å². The van der Waals surface area contributed by atoms with E-state index in [2.05, 4.69) is 15.2 Å². The van der Waals surface area contributed by atoms with Crippen molar-refractivity contribution in [3.05, 3.63) is 24.1 Å². The number of halogens is 2. The summed E-state index contributed by atoms with van der Waals surface area (Å²) in [6.07, 6.45) is 1.03. The van der Waals surface area contributed by atoms with Crippen LogP contribution < -0.4 is 0 Å². The molecule has 2 aromatic rings.